The van der Waals surface area contributed by atoms with E-state index in [1.165, 1.54) is 0 Å². The van der Waals surface area contributed by atoms with Crippen LogP contribution in [0.25, 0.3) is 0 Å². The highest BCUT2D eigenvalue weighted by molar-refractivity contribution is 7.09. The van der Waals surface area contributed by atoms with Gasteiger partial charge in [-0.1, -0.05) is 34.6 Å². The lowest BCUT2D eigenvalue weighted by atomic mass is 9.88. The molecule has 2 amide bonds. The molecule has 0 spiro atoms. The minimum atomic E-state index is -0.0947. The van der Waals surface area contributed by atoms with Crippen molar-refractivity contribution in [2.45, 2.75) is 60.0 Å². The van der Waals surface area contributed by atoms with Gasteiger partial charge in [0.05, 0.1) is 5.01 Å². The van der Waals surface area contributed by atoms with Crippen molar-refractivity contribution >= 4 is 17.4 Å². The number of carbonyl (C=O) groups is 1. The highest BCUT2D eigenvalue weighted by Crippen LogP contribution is 2.18. The Balaban J connectivity index is 2.55. The third-order valence-corrected chi connectivity index (χ3v) is 4.45. The monoisotopic (exact) mass is 297 g/mol. The molecule has 0 aliphatic heterocycles. The van der Waals surface area contributed by atoms with Crippen LogP contribution in [0.5, 0.6) is 0 Å². The molecule has 2 N–H and O–H groups in total. The molecule has 0 radical (unpaired) electrons. The van der Waals surface area contributed by atoms with Gasteiger partial charge in [-0.2, -0.15) is 0 Å². The summed E-state index contributed by atoms with van der Waals surface area (Å²) in [5.74, 6) is 0.370. The number of rotatable bonds is 5. The summed E-state index contributed by atoms with van der Waals surface area (Å²) in [5, 5.41) is 9.12. The fourth-order valence-corrected chi connectivity index (χ4v) is 2.29. The third-order valence-electron chi connectivity index (χ3n) is 3.65. The zero-order valence-electron chi connectivity index (χ0n) is 13.4. The zero-order valence-corrected chi connectivity index (χ0v) is 14.2. The van der Waals surface area contributed by atoms with Gasteiger partial charge < -0.3 is 10.6 Å². The summed E-state index contributed by atoms with van der Waals surface area (Å²) in [4.78, 5) is 16.4. The lowest BCUT2D eigenvalue weighted by molar-refractivity contribution is 0.215. The van der Waals surface area contributed by atoms with E-state index in [0.717, 1.165) is 11.4 Å². The highest BCUT2D eigenvalue weighted by atomic mass is 32.1. The van der Waals surface area contributed by atoms with Crippen LogP contribution in [-0.2, 0) is 6.42 Å². The maximum absolute atomic E-state index is 12.1. The third kappa shape index (κ3) is 5.49. The van der Waals surface area contributed by atoms with Gasteiger partial charge in [-0.15, -0.1) is 11.3 Å². The number of carbonyl (C=O) groups excluding carboxylic acids is 1. The molecule has 5 heteroatoms. The number of aromatic nitrogens is 1. The lowest BCUT2D eigenvalue weighted by Crippen LogP contribution is -2.51. The summed E-state index contributed by atoms with van der Waals surface area (Å²) in [5.41, 5.74) is 0.0555. The topological polar surface area (TPSA) is 54.0 Å². The van der Waals surface area contributed by atoms with Crippen LogP contribution in [0.3, 0.4) is 0 Å². The molecule has 0 fully saturated rings. The average molecular weight is 297 g/mol. The van der Waals surface area contributed by atoms with Gasteiger partial charge in [-0.25, -0.2) is 9.78 Å². The predicted molar refractivity (Wildman–Crippen MR) is 85.0 cm³/mol. The molecule has 0 saturated carbocycles. The first-order chi connectivity index (χ1) is 9.20. The van der Waals surface area contributed by atoms with E-state index in [4.69, 9.17) is 0 Å². The molecule has 4 nitrogen and oxygen atoms in total. The molecule has 0 aromatic carbocycles. The summed E-state index contributed by atoms with van der Waals surface area (Å²) in [6.45, 7) is 12.6. The van der Waals surface area contributed by atoms with Gasteiger partial charge in [0, 0.05) is 30.1 Å². The van der Waals surface area contributed by atoms with E-state index in [9.17, 15) is 4.79 Å². The van der Waals surface area contributed by atoms with Crippen molar-refractivity contribution < 1.29 is 4.79 Å². The van der Waals surface area contributed by atoms with E-state index in [0.29, 0.717) is 5.92 Å². The number of hydrogen-bond acceptors (Lipinski definition) is 3. The van der Waals surface area contributed by atoms with Crippen LogP contribution >= 0.6 is 11.3 Å². The second kappa shape index (κ2) is 7.07. The molecule has 0 saturated heterocycles. The second-order valence-electron chi connectivity index (χ2n) is 6.69. The van der Waals surface area contributed by atoms with Crippen LogP contribution in [0.4, 0.5) is 4.79 Å². The molecule has 0 aliphatic rings. The van der Waals surface area contributed by atoms with Crippen molar-refractivity contribution in [3.8, 4) is 0 Å². The van der Waals surface area contributed by atoms with Gasteiger partial charge in [-0.3, -0.25) is 0 Å². The van der Waals surface area contributed by atoms with Crippen LogP contribution in [0.2, 0.25) is 0 Å². The van der Waals surface area contributed by atoms with E-state index >= 15 is 0 Å². The minimum Gasteiger partial charge on any atom is -0.335 e. The van der Waals surface area contributed by atoms with E-state index < -0.39 is 0 Å². The van der Waals surface area contributed by atoms with E-state index in [1.807, 2.05) is 12.3 Å². The molecule has 2 atom stereocenters. The highest BCUT2D eigenvalue weighted by Gasteiger charge is 2.23. The number of urea groups is 1. The first kappa shape index (κ1) is 17.0. The number of hydrogen-bond donors (Lipinski definition) is 2. The molecule has 0 aliphatic carbocycles. The van der Waals surface area contributed by atoms with Crippen LogP contribution < -0.4 is 10.6 Å². The average Bonchev–Trinajstić information content (AvgIpc) is 2.79. The van der Waals surface area contributed by atoms with Crippen molar-refractivity contribution in [1.29, 1.82) is 0 Å². The van der Waals surface area contributed by atoms with Crippen LogP contribution in [0.1, 0.15) is 46.6 Å². The normalized spacial score (nSPS) is 14.9. The van der Waals surface area contributed by atoms with E-state index in [2.05, 4.69) is 50.2 Å². The van der Waals surface area contributed by atoms with Crippen LogP contribution in [-0.4, -0.2) is 23.1 Å². The number of nitrogens with zero attached hydrogens (tertiary/aromatic N) is 1. The van der Waals surface area contributed by atoms with Crippen LogP contribution in [0.15, 0.2) is 11.6 Å². The number of thiazole rings is 1. The Bertz CT molecular complexity index is 409. The zero-order chi connectivity index (χ0) is 15.3. The summed E-state index contributed by atoms with van der Waals surface area (Å²) < 4.78 is 0. The summed E-state index contributed by atoms with van der Waals surface area (Å²) in [6, 6.07) is 0.131. The van der Waals surface area contributed by atoms with Gasteiger partial charge >= 0.3 is 6.03 Å². The van der Waals surface area contributed by atoms with Crippen molar-refractivity contribution in [3.63, 3.8) is 0 Å². The summed E-state index contributed by atoms with van der Waals surface area (Å²) >= 11 is 1.63. The van der Waals surface area contributed by atoms with E-state index in [1.54, 1.807) is 17.5 Å². The first-order valence-electron chi connectivity index (χ1n) is 7.15. The van der Waals surface area contributed by atoms with Gasteiger partial charge in [0.1, 0.15) is 0 Å². The molecule has 0 bridgehead atoms. The second-order valence-corrected chi connectivity index (χ2v) is 7.67. The largest absolute Gasteiger partial charge is 0.335 e. The molecule has 2 unspecified atom stereocenters. The van der Waals surface area contributed by atoms with Gasteiger partial charge in [0.25, 0.3) is 0 Å². The lowest BCUT2D eigenvalue weighted by Gasteiger charge is -2.29. The fraction of sp³-hybridized carbons (Fsp3) is 0.733. The molecule has 20 heavy (non-hydrogen) atoms. The Morgan fingerprint density at radius 3 is 2.40 bits per heavy atom. The Morgan fingerprint density at radius 2 is 1.95 bits per heavy atom. The Morgan fingerprint density at radius 1 is 1.30 bits per heavy atom. The van der Waals surface area contributed by atoms with Gasteiger partial charge in [0.2, 0.25) is 0 Å². The Kier molecular flexibility index (Phi) is 5.99. The van der Waals surface area contributed by atoms with Crippen molar-refractivity contribution in [2.24, 2.45) is 11.3 Å². The molecule has 114 valence electrons. The molecule has 1 aromatic heterocycles. The number of amides is 2. The summed E-state index contributed by atoms with van der Waals surface area (Å²) in [7, 11) is 0. The SMILES string of the molecule is CC(C)C(Cc1nccs1)NC(=O)NC(C)C(C)(C)C. The molecule has 1 heterocycles. The van der Waals surface area contributed by atoms with Crippen LogP contribution in [0, 0.1) is 11.3 Å². The minimum absolute atomic E-state index is 0.0555. The van der Waals surface area contributed by atoms with Crippen molar-refractivity contribution in [2.75, 3.05) is 0 Å². The maximum atomic E-state index is 12.1. The fourth-order valence-electron chi connectivity index (χ4n) is 1.62. The quantitative estimate of drug-likeness (QED) is 0.874. The predicted octanol–water partition coefficient (Wildman–Crippen LogP) is 3.44. The Labute approximate surface area is 126 Å². The maximum Gasteiger partial charge on any atom is 0.315 e. The van der Waals surface area contributed by atoms with Gasteiger partial charge in [0.15, 0.2) is 0 Å². The summed E-state index contributed by atoms with van der Waals surface area (Å²) in [6.07, 6.45) is 2.59. The smallest absolute Gasteiger partial charge is 0.315 e. The number of nitrogens with one attached hydrogen (secondary N) is 2. The standard InChI is InChI=1S/C15H27N3OS/c1-10(2)12(9-13-16-7-8-20-13)18-14(19)17-11(3)15(4,5)6/h7-8,10-12H,9H2,1-6H3,(H2,17,18,19). The molecular formula is C15H27N3OS. The van der Waals surface area contributed by atoms with Gasteiger partial charge in [-0.05, 0) is 18.3 Å². The molecular weight excluding hydrogens is 270 g/mol. The van der Waals surface area contributed by atoms with Crippen molar-refractivity contribution in [1.82, 2.24) is 15.6 Å². The Hall–Kier alpha value is -1.10. The van der Waals surface area contributed by atoms with Crippen molar-refractivity contribution in [3.05, 3.63) is 16.6 Å². The molecule has 1 aromatic rings. The molecule has 1 rings (SSSR count). The first-order valence-corrected chi connectivity index (χ1v) is 8.03. The van der Waals surface area contributed by atoms with E-state index in [-0.39, 0.29) is 23.5 Å².